The van der Waals surface area contributed by atoms with Gasteiger partial charge < -0.3 is 10.2 Å². The molecule has 3 nitrogen and oxygen atoms in total. The zero-order valence-corrected chi connectivity index (χ0v) is 11.7. The van der Waals surface area contributed by atoms with E-state index in [0.717, 1.165) is 19.4 Å². The van der Waals surface area contributed by atoms with Gasteiger partial charge >= 0.3 is 0 Å². The van der Waals surface area contributed by atoms with E-state index in [0.29, 0.717) is 17.2 Å². The highest BCUT2D eigenvalue weighted by Gasteiger charge is 2.24. The molecular weight excluding hydrogens is 243 g/mol. The zero-order valence-electron chi connectivity index (χ0n) is 11.7. The quantitative estimate of drug-likeness (QED) is 0.889. The van der Waals surface area contributed by atoms with Crippen LogP contribution in [0, 0.1) is 12.7 Å². The maximum Gasteiger partial charge on any atom is 0.251 e. The molecule has 1 aliphatic rings. The second kappa shape index (κ2) is 5.70. The molecule has 2 rings (SSSR count). The molecule has 1 heterocycles. The van der Waals surface area contributed by atoms with Crippen molar-refractivity contribution >= 4 is 5.91 Å². The van der Waals surface area contributed by atoms with E-state index in [1.807, 2.05) is 0 Å². The zero-order chi connectivity index (χ0) is 14.0. The van der Waals surface area contributed by atoms with Crippen LogP contribution in [0.25, 0.3) is 0 Å². The smallest absolute Gasteiger partial charge is 0.251 e. The Balaban J connectivity index is 1.99. The van der Waals surface area contributed by atoms with Crippen LogP contribution in [0.15, 0.2) is 18.2 Å². The van der Waals surface area contributed by atoms with Crippen LogP contribution in [0.3, 0.4) is 0 Å². The van der Waals surface area contributed by atoms with Crippen molar-refractivity contribution in [2.45, 2.75) is 38.8 Å². The summed E-state index contributed by atoms with van der Waals surface area (Å²) in [6, 6.07) is 5.18. The van der Waals surface area contributed by atoms with Gasteiger partial charge in [-0.2, -0.15) is 0 Å². The topological polar surface area (TPSA) is 32.3 Å². The lowest BCUT2D eigenvalue weighted by Crippen LogP contribution is -2.47. The van der Waals surface area contributed by atoms with E-state index in [9.17, 15) is 9.18 Å². The van der Waals surface area contributed by atoms with E-state index >= 15 is 0 Å². The lowest BCUT2D eigenvalue weighted by molar-refractivity contribution is 0.0896. The molecule has 1 aromatic carbocycles. The van der Waals surface area contributed by atoms with Crippen LogP contribution in [0.5, 0.6) is 0 Å². The van der Waals surface area contributed by atoms with Gasteiger partial charge in [0.05, 0.1) is 0 Å². The van der Waals surface area contributed by atoms with Crippen LogP contribution in [-0.4, -0.2) is 36.5 Å². The maximum atomic E-state index is 13.2. The summed E-state index contributed by atoms with van der Waals surface area (Å²) < 4.78 is 13.2. The number of halogens is 1. The minimum absolute atomic E-state index is 0.107. The number of nitrogens with one attached hydrogen (secondary N) is 1. The van der Waals surface area contributed by atoms with Crippen LogP contribution in [0.4, 0.5) is 4.39 Å². The van der Waals surface area contributed by atoms with Crippen LogP contribution >= 0.6 is 0 Å². The van der Waals surface area contributed by atoms with Gasteiger partial charge in [-0.25, -0.2) is 4.39 Å². The first kappa shape index (κ1) is 14.0. The van der Waals surface area contributed by atoms with Crippen LogP contribution in [-0.2, 0) is 0 Å². The third kappa shape index (κ3) is 3.32. The van der Waals surface area contributed by atoms with E-state index in [2.05, 4.69) is 24.2 Å². The summed E-state index contributed by atoms with van der Waals surface area (Å²) in [5.74, 6) is -0.380. The SMILES string of the molecule is Cc1cc(C(=O)NC2CCN(C)C(C)C2)ccc1F. The highest BCUT2D eigenvalue weighted by atomic mass is 19.1. The Bertz CT molecular complexity index is 475. The van der Waals surface area contributed by atoms with Gasteiger partial charge in [0, 0.05) is 24.2 Å². The Kier molecular flexibility index (Phi) is 4.20. The van der Waals surface area contributed by atoms with Gasteiger partial charge in [0.25, 0.3) is 5.91 Å². The Morgan fingerprint density at radius 1 is 1.47 bits per heavy atom. The predicted molar refractivity (Wildman–Crippen MR) is 73.7 cm³/mol. The highest BCUT2D eigenvalue weighted by Crippen LogP contribution is 2.16. The number of carbonyl (C=O) groups excluding carboxylic acids is 1. The van der Waals surface area contributed by atoms with Gasteiger partial charge in [0.15, 0.2) is 0 Å². The summed E-state index contributed by atoms with van der Waals surface area (Å²) in [5.41, 5.74) is 1.04. The number of carbonyl (C=O) groups is 1. The Labute approximate surface area is 113 Å². The predicted octanol–water partition coefficient (Wildman–Crippen LogP) is 2.35. The standard InChI is InChI=1S/C15H21FN2O/c1-10-8-12(4-5-14(10)16)15(19)17-13-6-7-18(3)11(2)9-13/h4-5,8,11,13H,6-7,9H2,1-3H3,(H,17,19). The molecule has 0 radical (unpaired) electrons. The summed E-state index contributed by atoms with van der Waals surface area (Å²) >= 11 is 0. The lowest BCUT2D eigenvalue weighted by atomic mass is 9.98. The van der Waals surface area contributed by atoms with Crippen molar-refractivity contribution in [3.63, 3.8) is 0 Å². The van der Waals surface area contributed by atoms with Gasteiger partial charge in [0.1, 0.15) is 5.82 Å². The van der Waals surface area contributed by atoms with Crippen molar-refractivity contribution in [1.82, 2.24) is 10.2 Å². The fourth-order valence-electron chi connectivity index (χ4n) is 2.48. The van der Waals surface area contributed by atoms with Gasteiger partial charge in [0.2, 0.25) is 0 Å². The average molecular weight is 264 g/mol. The van der Waals surface area contributed by atoms with Crippen LogP contribution < -0.4 is 5.32 Å². The molecule has 1 aliphatic heterocycles. The molecule has 104 valence electrons. The number of piperidine rings is 1. The second-order valence-corrected chi connectivity index (χ2v) is 5.49. The molecule has 1 saturated heterocycles. The molecule has 0 bridgehead atoms. The van der Waals surface area contributed by atoms with E-state index in [4.69, 9.17) is 0 Å². The molecule has 1 fully saturated rings. The first-order valence-electron chi connectivity index (χ1n) is 6.74. The summed E-state index contributed by atoms with van der Waals surface area (Å²) in [6.07, 6.45) is 1.93. The third-order valence-electron chi connectivity index (χ3n) is 3.96. The Morgan fingerprint density at radius 2 is 2.21 bits per heavy atom. The summed E-state index contributed by atoms with van der Waals surface area (Å²) in [6.45, 7) is 4.83. The van der Waals surface area contributed by atoms with Gasteiger partial charge in [-0.05, 0) is 57.5 Å². The van der Waals surface area contributed by atoms with Crippen molar-refractivity contribution in [1.29, 1.82) is 0 Å². The van der Waals surface area contributed by atoms with E-state index < -0.39 is 0 Å². The summed E-state index contributed by atoms with van der Waals surface area (Å²) in [4.78, 5) is 14.4. The minimum Gasteiger partial charge on any atom is -0.349 e. The van der Waals surface area contributed by atoms with Crippen molar-refractivity contribution in [2.75, 3.05) is 13.6 Å². The first-order chi connectivity index (χ1) is 8.97. The molecule has 2 unspecified atom stereocenters. The first-order valence-corrected chi connectivity index (χ1v) is 6.74. The van der Waals surface area contributed by atoms with Gasteiger partial charge in [-0.1, -0.05) is 0 Å². The van der Waals surface area contributed by atoms with E-state index in [1.165, 1.54) is 12.1 Å². The number of amides is 1. The molecule has 0 spiro atoms. The second-order valence-electron chi connectivity index (χ2n) is 5.49. The summed E-state index contributed by atoms with van der Waals surface area (Å²) in [5, 5.41) is 3.04. The lowest BCUT2D eigenvalue weighted by Gasteiger charge is -2.35. The molecule has 1 aromatic rings. The van der Waals surface area contributed by atoms with Crippen molar-refractivity contribution in [2.24, 2.45) is 0 Å². The molecule has 4 heteroatoms. The van der Waals surface area contributed by atoms with Gasteiger partial charge in [-0.3, -0.25) is 4.79 Å². The highest BCUT2D eigenvalue weighted by molar-refractivity contribution is 5.94. The average Bonchev–Trinajstić information content (AvgIpc) is 2.37. The number of hydrogen-bond acceptors (Lipinski definition) is 2. The number of nitrogens with zero attached hydrogens (tertiary/aromatic N) is 1. The molecule has 1 N–H and O–H groups in total. The molecule has 1 amide bonds. The number of benzene rings is 1. The molecule has 0 saturated carbocycles. The number of hydrogen-bond donors (Lipinski definition) is 1. The molecule has 0 aromatic heterocycles. The van der Waals surface area contributed by atoms with Crippen molar-refractivity contribution < 1.29 is 9.18 Å². The van der Waals surface area contributed by atoms with E-state index in [-0.39, 0.29) is 17.8 Å². The van der Waals surface area contributed by atoms with E-state index in [1.54, 1.807) is 13.0 Å². The minimum atomic E-state index is -0.274. The molecular formula is C15H21FN2O. The molecule has 0 aliphatic carbocycles. The number of likely N-dealkylation sites (tertiary alicyclic amines) is 1. The molecule has 19 heavy (non-hydrogen) atoms. The van der Waals surface area contributed by atoms with Gasteiger partial charge in [-0.15, -0.1) is 0 Å². The fraction of sp³-hybridized carbons (Fsp3) is 0.533. The number of aryl methyl sites for hydroxylation is 1. The largest absolute Gasteiger partial charge is 0.349 e. The Hall–Kier alpha value is -1.42. The normalized spacial score (nSPS) is 24.2. The molecule has 2 atom stereocenters. The van der Waals surface area contributed by atoms with Crippen LogP contribution in [0.1, 0.15) is 35.7 Å². The third-order valence-corrected chi connectivity index (χ3v) is 3.96. The monoisotopic (exact) mass is 264 g/mol. The van der Waals surface area contributed by atoms with Crippen LogP contribution in [0.2, 0.25) is 0 Å². The fourth-order valence-corrected chi connectivity index (χ4v) is 2.48. The maximum absolute atomic E-state index is 13.2. The van der Waals surface area contributed by atoms with Crippen molar-refractivity contribution in [3.05, 3.63) is 35.1 Å². The van der Waals surface area contributed by atoms with Crippen molar-refractivity contribution in [3.8, 4) is 0 Å². The number of rotatable bonds is 2. The Morgan fingerprint density at radius 3 is 2.84 bits per heavy atom. The summed E-state index contributed by atoms with van der Waals surface area (Å²) in [7, 11) is 2.10.